The van der Waals surface area contributed by atoms with Gasteiger partial charge >= 0.3 is 0 Å². The van der Waals surface area contributed by atoms with Crippen molar-refractivity contribution in [3.8, 4) is 0 Å². The second-order valence-electron chi connectivity index (χ2n) is 6.38. The highest BCUT2D eigenvalue weighted by Gasteiger charge is 2.70. The maximum absolute atomic E-state index is 4.45. The van der Waals surface area contributed by atoms with Gasteiger partial charge in [0.25, 0.3) is 0 Å². The Hall–Kier alpha value is -0.330. The summed E-state index contributed by atoms with van der Waals surface area (Å²) in [4.78, 5) is 4.45. The molecule has 0 spiro atoms. The number of nitrogens with zero attached hydrogens (tertiary/aromatic N) is 1. The number of hydrogen-bond donors (Lipinski definition) is 0. The molecule has 0 N–H and O–H groups in total. The van der Waals surface area contributed by atoms with Crippen molar-refractivity contribution in [1.82, 2.24) is 0 Å². The van der Waals surface area contributed by atoms with E-state index < -0.39 is 0 Å². The third-order valence-electron chi connectivity index (χ3n) is 6.22. The number of hydrogen-bond acceptors (Lipinski definition) is 1. The lowest BCUT2D eigenvalue weighted by molar-refractivity contribution is -0.142. The van der Waals surface area contributed by atoms with E-state index in [0.29, 0.717) is 0 Å². The van der Waals surface area contributed by atoms with Gasteiger partial charge in [-0.1, -0.05) is 0 Å². The van der Waals surface area contributed by atoms with Crippen molar-refractivity contribution < 1.29 is 0 Å². The highest BCUT2D eigenvalue weighted by molar-refractivity contribution is 5.30. The van der Waals surface area contributed by atoms with E-state index in [9.17, 15) is 0 Å². The molecule has 0 saturated heterocycles. The smallest absolute Gasteiger partial charge is 0.0606 e. The van der Waals surface area contributed by atoms with E-state index in [2.05, 4.69) is 18.6 Å². The van der Waals surface area contributed by atoms with Gasteiger partial charge in [0.15, 0.2) is 0 Å². The Morgan fingerprint density at radius 1 is 1.21 bits per heavy atom. The van der Waals surface area contributed by atoms with Gasteiger partial charge in [0, 0.05) is 0 Å². The van der Waals surface area contributed by atoms with Gasteiger partial charge in [0.1, 0.15) is 0 Å². The molecule has 0 aromatic heterocycles. The summed E-state index contributed by atoms with van der Waals surface area (Å²) < 4.78 is 0. The van der Waals surface area contributed by atoms with Crippen molar-refractivity contribution in [2.75, 3.05) is 0 Å². The van der Waals surface area contributed by atoms with Crippen molar-refractivity contribution in [2.24, 2.45) is 40.5 Å². The molecule has 0 aromatic rings. The van der Waals surface area contributed by atoms with E-state index in [4.69, 9.17) is 0 Å². The van der Waals surface area contributed by atoms with E-state index >= 15 is 0 Å². The van der Waals surface area contributed by atoms with E-state index in [1.165, 1.54) is 19.3 Å². The zero-order valence-corrected chi connectivity index (χ0v) is 8.95. The molecule has 7 unspecified atom stereocenters. The minimum atomic E-state index is 0.270. The predicted molar refractivity (Wildman–Crippen MR) is 57.4 cm³/mol. The number of aliphatic imine (C=N–C) groups is 1. The Labute approximate surface area is 86.0 Å². The molecule has 4 saturated carbocycles. The third kappa shape index (κ3) is 0.610. The molecular weight excluding hydrogens is 170 g/mol. The van der Waals surface area contributed by atoms with Crippen LogP contribution >= 0.6 is 0 Å². The highest BCUT2D eigenvalue weighted by Crippen LogP contribution is 2.74. The highest BCUT2D eigenvalue weighted by atomic mass is 14.9. The SMILES string of the molecule is C=NC1(C)CC2CC1C1C3CCC3C21. The average molecular weight is 189 g/mol. The lowest BCUT2D eigenvalue weighted by atomic mass is 9.42. The summed E-state index contributed by atoms with van der Waals surface area (Å²) >= 11 is 0. The molecule has 14 heavy (non-hydrogen) atoms. The van der Waals surface area contributed by atoms with Gasteiger partial charge in [-0.05, 0) is 74.8 Å². The first-order valence-corrected chi connectivity index (χ1v) is 6.22. The lowest BCUT2D eigenvalue weighted by Gasteiger charge is -2.63. The van der Waals surface area contributed by atoms with E-state index in [-0.39, 0.29) is 5.54 Å². The molecule has 4 rings (SSSR count). The van der Waals surface area contributed by atoms with Crippen LogP contribution in [-0.2, 0) is 0 Å². The zero-order valence-electron chi connectivity index (χ0n) is 8.95. The molecule has 0 amide bonds. The molecule has 2 bridgehead atoms. The Morgan fingerprint density at radius 3 is 2.57 bits per heavy atom. The first-order chi connectivity index (χ1) is 6.74. The molecule has 4 fully saturated rings. The second kappa shape index (κ2) is 2.10. The van der Waals surface area contributed by atoms with Crippen LogP contribution in [0.2, 0.25) is 0 Å². The van der Waals surface area contributed by atoms with Gasteiger partial charge in [0.05, 0.1) is 5.54 Å². The van der Waals surface area contributed by atoms with E-state index in [1.807, 2.05) is 0 Å². The van der Waals surface area contributed by atoms with Gasteiger partial charge in [-0.2, -0.15) is 0 Å². The first-order valence-electron chi connectivity index (χ1n) is 6.22. The van der Waals surface area contributed by atoms with Crippen LogP contribution < -0.4 is 0 Å². The minimum Gasteiger partial charge on any atom is -0.294 e. The van der Waals surface area contributed by atoms with Gasteiger partial charge in [-0.15, -0.1) is 0 Å². The molecule has 7 atom stereocenters. The van der Waals surface area contributed by atoms with Crippen molar-refractivity contribution in [2.45, 2.75) is 38.1 Å². The molecule has 0 aliphatic heterocycles. The largest absolute Gasteiger partial charge is 0.294 e. The monoisotopic (exact) mass is 189 g/mol. The summed E-state index contributed by atoms with van der Waals surface area (Å²) in [7, 11) is 0. The lowest BCUT2D eigenvalue weighted by Crippen LogP contribution is -2.59. The summed E-state index contributed by atoms with van der Waals surface area (Å²) in [6.07, 6.45) is 5.92. The first kappa shape index (κ1) is 7.90. The fraction of sp³-hybridized carbons (Fsp3) is 0.923. The summed E-state index contributed by atoms with van der Waals surface area (Å²) in [5, 5.41) is 0. The topological polar surface area (TPSA) is 12.4 Å². The van der Waals surface area contributed by atoms with Gasteiger partial charge in [-0.25, -0.2) is 0 Å². The van der Waals surface area contributed by atoms with Gasteiger partial charge in [0.2, 0.25) is 0 Å². The van der Waals surface area contributed by atoms with Crippen molar-refractivity contribution in [3.05, 3.63) is 0 Å². The molecule has 4 aliphatic rings. The summed E-state index contributed by atoms with van der Waals surface area (Å²) in [5.74, 6) is 6.43. The molecule has 4 aliphatic carbocycles. The molecule has 1 heteroatoms. The summed E-state index contributed by atoms with van der Waals surface area (Å²) in [5.41, 5.74) is 0.270. The van der Waals surface area contributed by atoms with Crippen LogP contribution in [0.1, 0.15) is 32.6 Å². The van der Waals surface area contributed by atoms with Gasteiger partial charge < -0.3 is 0 Å². The molecule has 0 heterocycles. The zero-order chi connectivity index (χ0) is 9.50. The Morgan fingerprint density at radius 2 is 1.93 bits per heavy atom. The predicted octanol–water partition coefficient (Wildman–Crippen LogP) is 2.76. The van der Waals surface area contributed by atoms with Crippen LogP contribution in [0, 0.1) is 35.5 Å². The van der Waals surface area contributed by atoms with E-state index in [0.717, 1.165) is 35.5 Å². The number of fused-ring (bicyclic) bond motifs is 8. The number of rotatable bonds is 1. The Kier molecular flexibility index (Phi) is 1.18. The van der Waals surface area contributed by atoms with Crippen molar-refractivity contribution in [1.29, 1.82) is 0 Å². The molecule has 0 aromatic carbocycles. The quantitative estimate of drug-likeness (QED) is 0.562. The molecule has 1 nitrogen and oxygen atoms in total. The van der Waals surface area contributed by atoms with Gasteiger partial charge in [-0.3, -0.25) is 4.99 Å². The van der Waals surface area contributed by atoms with Crippen LogP contribution in [0.15, 0.2) is 4.99 Å². The maximum Gasteiger partial charge on any atom is 0.0606 e. The molecule has 76 valence electrons. The maximum atomic E-state index is 4.45. The Bertz CT molecular complexity index is 310. The Balaban J connectivity index is 1.71. The van der Waals surface area contributed by atoms with Crippen molar-refractivity contribution in [3.63, 3.8) is 0 Å². The summed E-state index contributed by atoms with van der Waals surface area (Å²) in [6.45, 7) is 6.18. The van der Waals surface area contributed by atoms with E-state index in [1.54, 1.807) is 6.42 Å². The molecule has 0 radical (unpaired) electrons. The standard InChI is InChI=1S/C13H19N/c1-13(14-2)6-7-5-10(13)12-9-4-3-8(9)11(7)12/h7-12H,2-6H2,1H3. The van der Waals surface area contributed by atoms with Crippen LogP contribution in [-0.4, -0.2) is 12.3 Å². The third-order valence-corrected chi connectivity index (χ3v) is 6.22. The van der Waals surface area contributed by atoms with Crippen LogP contribution in [0.4, 0.5) is 0 Å². The minimum absolute atomic E-state index is 0.270. The summed E-state index contributed by atoms with van der Waals surface area (Å²) in [6, 6.07) is 0. The molecular formula is C13H19N. The van der Waals surface area contributed by atoms with Crippen molar-refractivity contribution >= 4 is 6.72 Å². The van der Waals surface area contributed by atoms with Crippen LogP contribution in [0.25, 0.3) is 0 Å². The second-order valence-corrected chi connectivity index (χ2v) is 6.38. The van der Waals surface area contributed by atoms with Crippen LogP contribution in [0.3, 0.4) is 0 Å². The fourth-order valence-corrected chi connectivity index (χ4v) is 5.56. The van der Waals surface area contributed by atoms with Crippen LogP contribution in [0.5, 0.6) is 0 Å². The normalized spacial score (nSPS) is 67.8. The fourth-order valence-electron chi connectivity index (χ4n) is 5.56. The average Bonchev–Trinajstić information content (AvgIpc) is 2.60.